The van der Waals surface area contributed by atoms with Crippen molar-refractivity contribution in [2.75, 3.05) is 11.9 Å². The van der Waals surface area contributed by atoms with Crippen LogP contribution in [0.5, 0.6) is 5.75 Å². The molecule has 2 aromatic rings. The predicted molar refractivity (Wildman–Crippen MR) is 98.7 cm³/mol. The molecule has 0 spiro atoms. The van der Waals surface area contributed by atoms with Crippen LogP contribution in [0, 0.1) is 13.8 Å². The molecule has 0 aliphatic rings. The van der Waals surface area contributed by atoms with Crippen molar-refractivity contribution in [1.82, 2.24) is 5.32 Å². The number of rotatable bonds is 5. The van der Waals surface area contributed by atoms with Gasteiger partial charge in [-0.1, -0.05) is 24.3 Å². The number of nitrogens with one attached hydrogen (secondary N) is 1. The van der Waals surface area contributed by atoms with Crippen LogP contribution in [0.4, 0.5) is 10.5 Å². The monoisotopic (exact) mass is 326 g/mol. The van der Waals surface area contributed by atoms with E-state index in [1.165, 1.54) is 0 Å². The number of aromatic hydroxyl groups is 1. The lowest BCUT2D eigenvalue weighted by Gasteiger charge is -2.23. The SMILES string of the molecule is Cc1ccc(C)c(N(C)C(=O)NC(C)CCc2ccc(O)cc2)c1. The molecule has 4 heteroatoms. The van der Waals surface area contributed by atoms with Crippen molar-refractivity contribution in [2.45, 2.75) is 39.7 Å². The zero-order valence-corrected chi connectivity index (χ0v) is 14.8. The van der Waals surface area contributed by atoms with E-state index in [2.05, 4.69) is 5.32 Å². The lowest BCUT2D eigenvalue weighted by atomic mass is 10.1. The number of anilines is 1. The number of carbonyl (C=O) groups excluding carboxylic acids is 1. The molecule has 0 radical (unpaired) electrons. The van der Waals surface area contributed by atoms with Crippen molar-refractivity contribution in [3.8, 4) is 5.75 Å². The molecular formula is C20H26N2O2. The zero-order valence-electron chi connectivity index (χ0n) is 14.8. The number of hydrogen-bond acceptors (Lipinski definition) is 2. The van der Waals surface area contributed by atoms with Crippen LogP contribution in [0.15, 0.2) is 42.5 Å². The molecule has 0 heterocycles. The molecule has 2 amide bonds. The average molecular weight is 326 g/mol. The summed E-state index contributed by atoms with van der Waals surface area (Å²) in [5.41, 5.74) is 4.29. The van der Waals surface area contributed by atoms with E-state index >= 15 is 0 Å². The third kappa shape index (κ3) is 4.75. The predicted octanol–water partition coefficient (Wildman–Crippen LogP) is 4.18. The Morgan fingerprint density at radius 2 is 1.83 bits per heavy atom. The summed E-state index contributed by atoms with van der Waals surface area (Å²) in [4.78, 5) is 14.1. The van der Waals surface area contributed by atoms with Crippen molar-refractivity contribution in [2.24, 2.45) is 0 Å². The maximum Gasteiger partial charge on any atom is 0.321 e. The molecule has 0 bridgehead atoms. The van der Waals surface area contributed by atoms with Crippen LogP contribution < -0.4 is 10.2 Å². The van der Waals surface area contributed by atoms with Gasteiger partial charge in [-0.05, 0) is 68.5 Å². The summed E-state index contributed by atoms with van der Waals surface area (Å²) in [5.74, 6) is 0.273. The first-order chi connectivity index (χ1) is 11.4. The Kier molecular flexibility index (Phi) is 5.85. The summed E-state index contributed by atoms with van der Waals surface area (Å²) < 4.78 is 0. The number of aryl methyl sites for hydroxylation is 3. The largest absolute Gasteiger partial charge is 0.508 e. The summed E-state index contributed by atoms with van der Waals surface area (Å²) in [6, 6.07) is 13.3. The van der Waals surface area contributed by atoms with Crippen molar-refractivity contribution >= 4 is 11.7 Å². The van der Waals surface area contributed by atoms with E-state index in [1.54, 1.807) is 24.1 Å². The summed E-state index contributed by atoms with van der Waals surface area (Å²) in [6.07, 6.45) is 1.70. The standard InChI is InChI=1S/C20H26N2O2/c1-14-5-6-15(2)19(13-14)22(4)20(24)21-16(3)7-8-17-9-11-18(23)12-10-17/h5-6,9-13,16,23H,7-8H2,1-4H3,(H,21,24). The van der Waals surface area contributed by atoms with Gasteiger partial charge in [-0.15, -0.1) is 0 Å². The topological polar surface area (TPSA) is 52.6 Å². The summed E-state index contributed by atoms with van der Waals surface area (Å²) in [5, 5.41) is 12.3. The summed E-state index contributed by atoms with van der Waals surface area (Å²) >= 11 is 0. The first-order valence-corrected chi connectivity index (χ1v) is 8.26. The highest BCUT2D eigenvalue weighted by molar-refractivity contribution is 5.92. The quantitative estimate of drug-likeness (QED) is 0.866. The maximum atomic E-state index is 12.5. The minimum absolute atomic E-state index is 0.0684. The highest BCUT2D eigenvalue weighted by Gasteiger charge is 2.15. The van der Waals surface area contributed by atoms with Gasteiger partial charge >= 0.3 is 6.03 Å². The van der Waals surface area contributed by atoms with E-state index in [-0.39, 0.29) is 17.8 Å². The molecule has 0 aliphatic carbocycles. The summed E-state index contributed by atoms with van der Waals surface area (Å²) in [6.45, 7) is 6.04. The Morgan fingerprint density at radius 3 is 2.50 bits per heavy atom. The van der Waals surface area contributed by atoms with Gasteiger partial charge in [0, 0.05) is 18.8 Å². The average Bonchev–Trinajstić information content (AvgIpc) is 2.56. The zero-order chi connectivity index (χ0) is 17.7. The molecule has 2 N–H and O–H groups in total. The van der Waals surface area contributed by atoms with Gasteiger partial charge in [0.05, 0.1) is 0 Å². The minimum Gasteiger partial charge on any atom is -0.508 e. The number of phenols is 1. The second-order valence-corrected chi connectivity index (χ2v) is 6.40. The number of hydrogen-bond donors (Lipinski definition) is 2. The minimum atomic E-state index is -0.0955. The van der Waals surface area contributed by atoms with Gasteiger partial charge in [0.2, 0.25) is 0 Å². The van der Waals surface area contributed by atoms with Crippen LogP contribution >= 0.6 is 0 Å². The highest BCUT2D eigenvalue weighted by Crippen LogP contribution is 2.20. The highest BCUT2D eigenvalue weighted by atomic mass is 16.3. The number of amides is 2. The third-order valence-electron chi connectivity index (χ3n) is 4.20. The molecule has 24 heavy (non-hydrogen) atoms. The van der Waals surface area contributed by atoms with Crippen molar-refractivity contribution in [3.63, 3.8) is 0 Å². The Hall–Kier alpha value is -2.49. The van der Waals surface area contributed by atoms with Gasteiger partial charge in [-0.3, -0.25) is 4.90 Å². The number of benzene rings is 2. The van der Waals surface area contributed by atoms with E-state index in [1.807, 2.05) is 51.1 Å². The third-order valence-corrected chi connectivity index (χ3v) is 4.20. The van der Waals surface area contributed by atoms with E-state index in [9.17, 15) is 9.90 Å². The van der Waals surface area contributed by atoms with Crippen LogP contribution in [0.2, 0.25) is 0 Å². The fourth-order valence-electron chi connectivity index (χ4n) is 2.62. The van der Waals surface area contributed by atoms with Gasteiger partial charge < -0.3 is 10.4 Å². The fourth-order valence-corrected chi connectivity index (χ4v) is 2.62. The second-order valence-electron chi connectivity index (χ2n) is 6.40. The number of nitrogens with zero attached hydrogens (tertiary/aromatic N) is 1. The molecule has 0 aliphatic heterocycles. The van der Waals surface area contributed by atoms with Gasteiger partial charge in [0.1, 0.15) is 5.75 Å². The van der Waals surface area contributed by atoms with Crippen LogP contribution in [0.1, 0.15) is 30.0 Å². The molecule has 0 aromatic heterocycles. The smallest absolute Gasteiger partial charge is 0.321 e. The van der Waals surface area contributed by atoms with Gasteiger partial charge in [0.15, 0.2) is 0 Å². The van der Waals surface area contributed by atoms with Gasteiger partial charge in [-0.25, -0.2) is 4.79 Å². The molecule has 0 saturated carbocycles. The molecule has 1 unspecified atom stereocenters. The van der Waals surface area contributed by atoms with Crippen LogP contribution in [-0.4, -0.2) is 24.2 Å². The molecule has 128 valence electrons. The van der Waals surface area contributed by atoms with Gasteiger partial charge in [-0.2, -0.15) is 0 Å². The Bertz CT molecular complexity index is 695. The molecule has 1 atom stereocenters. The molecule has 0 saturated heterocycles. The maximum absolute atomic E-state index is 12.5. The Balaban J connectivity index is 1.90. The molecule has 2 aromatic carbocycles. The van der Waals surface area contributed by atoms with Gasteiger partial charge in [0.25, 0.3) is 0 Å². The Morgan fingerprint density at radius 1 is 1.17 bits per heavy atom. The number of urea groups is 1. The second kappa shape index (κ2) is 7.86. The van der Waals surface area contributed by atoms with E-state index < -0.39 is 0 Å². The first-order valence-electron chi connectivity index (χ1n) is 8.26. The molecule has 2 rings (SSSR count). The van der Waals surface area contributed by atoms with E-state index in [4.69, 9.17) is 0 Å². The Labute approximate surface area is 144 Å². The van der Waals surface area contributed by atoms with Crippen molar-refractivity contribution in [1.29, 1.82) is 0 Å². The molecular weight excluding hydrogens is 300 g/mol. The van der Waals surface area contributed by atoms with Crippen LogP contribution in [0.3, 0.4) is 0 Å². The lowest BCUT2D eigenvalue weighted by Crippen LogP contribution is -2.42. The van der Waals surface area contributed by atoms with E-state index in [0.29, 0.717) is 0 Å². The van der Waals surface area contributed by atoms with Crippen molar-refractivity contribution in [3.05, 3.63) is 59.2 Å². The normalized spacial score (nSPS) is 11.8. The molecule has 4 nitrogen and oxygen atoms in total. The summed E-state index contributed by atoms with van der Waals surface area (Å²) in [7, 11) is 1.80. The fraction of sp³-hybridized carbons (Fsp3) is 0.350. The van der Waals surface area contributed by atoms with Crippen LogP contribution in [0.25, 0.3) is 0 Å². The van der Waals surface area contributed by atoms with E-state index in [0.717, 1.165) is 35.2 Å². The van der Waals surface area contributed by atoms with Crippen LogP contribution in [-0.2, 0) is 6.42 Å². The lowest BCUT2D eigenvalue weighted by molar-refractivity contribution is 0.244. The molecule has 0 fully saturated rings. The number of phenolic OH excluding ortho intramolecular Hbond substituents is 1. The number of carbonyl (C=O) groups is 1. The van der Waals surface area contributed by atoms with Crippen molar-refractivity contribution < 1.29 is 9.90 Å². The first kappa shape index (κ1) is 17.9.